The first-order chi connectivity index (χ1) is 7.57. The minimum absolute atomic E-state index is 0.238. The summed E-state index contributed by atoms with van der Waals surface area (Å²) in [5, 5.41) is 0. The molecule has 1 unspecified atom stereocenters. The first-order valence-corrected chi connectivity index (χ1v) is 4.94. The Morgan fingerprint density at radius 3 is 2.25 bits per heavy atom. The maximum Gasteiger partial charge on any atom is 0.336 e. The Balaban J connectivity index is 2.96. The fourth-order valence-corrected chi connectivity index (χ4v) is 1.52. The zero-order chi connectivity index (χ0) is 12.1. The Hall–Kier alpha value is -1.84. The van der Waals surface area contributed by atoms with Crippen LogP contribution in [0.3, 0.4) is 0 Å². The van der Waals surface area contributed by atoms with Crippen LogP contribution in [0.1, 0.15) is 6.92 Å². The molecule has 1 rings (SSSR count). The van der Waals surface area contributed by atoms with E-state index in [1.807, 2.05) is 30.3 Å². The smallest absolute Gasteiger partial charge is 0.336 e. The Kier molecular flexibility index (Phi) is 4.05. The average Bonchev–Trinajstić information content (AvgIpc) is 2.29. The summed E-state index contributed by atoms with van der Waals surface area (Å²) in [6.45, 7) is 1.38. The molecule has 0 spiro atoms. The molecule has 86 valence electrons. The zero-order valence-electron chi connectivity index (χ0n) is 9.64. The molecule has 0 aliphatic carbocycles. The average molecular weight is 221 g/mol. The molecule has 0 bridgehead atoms. The van der Waals surface area contributed by atoms with Gasteiger partial charge in [0.25, 0.3) is 0 Å². The van der Waals surface area contributed by atoms with Crippen LogP contribution in [0.2, 0.25) is 0 Å². The Labute approximate surface area is 94.8 Å². The Bertz CT molecular complexity index is 375. The highest BCUT2D eigenvalue weighted by Gasteiger charge is 2.28. The lowest BCUT2D eigenvalue weighted by atomic mass is 10.1. The summed E-state index contributed by atoms with van der Waals surface area (Å²) in [5.41, 5.74) is 0.799. The van der Waals surface area contributed by atoms with Gasteiger partial charge in [-0.3, -0.25) is 4.79 Å². The van der Waals surface area contributed by atoms with Gasteiger partial charge in [-0.25, -0.2) is 4.79 Å². The van der Waals surface area contributed by atoms with E-state index in [2.05, 4.69) is 4.74 Å². The minimum Gasteiger partial charge on any atom is -0.467 e. The molecule has 0 saturated carbocycles. The van der Waals surface area contributed by atoms with Crippen molar-refractivity contribution in [2.24, 2.45) is 0 Å². The molecule has 0 N–H and O–H groups in total. The highest BCUT2D eigenvalue weighted by atomic mass is 16.5. The lowest BCUT2D eigenvalue weighted by molar-refractivity contribution is -0.144. The second-order valence-corrected chi connectivity index (χ2v) is 3.48. The maximum absolute atomic E-state index is 11.5. The van der Waals surface area contributed by atoms with E-state index in [-0.39, 0.29) is 5.78 Å². The number of carbonyl (C=O) groups excluding carboxylic acids is 2. The van der Waals surface area contributed by atoms with Crippen LogP contribution in [-0.2, 0) is 14.3 Å². The number of rotatable bonds is 4. The van der Waals surface area contributed by atoms with Gasteiger partial charge in [-0.2, -0.15) is 0 Å². The number of nitrogens with zero attached hydrogens (tertiary/aromatic N) is 1. The number of hydrogen-bond acceptors (Lipinski definition) is 4. The van der Waals surface area contributed by atoms with Crippen molar-refractivity contribution in [1.82, 2.24) is 0 Å². The van der Waals surface area contributed by atoms with Crippen LogP contribution in [0.4, 0.5) is 5.69 Å². The number of likely N-dealkylation sites (N-methyl/N-ethyl adjacent to an activating group) is 1. The third-order valence-electron chi connectivity index (χ3n) is 2.36. The minimum atomic E-state index is -0.882. The molecule has 4 heteroatoms. The first kappa shape index (κ1) is 12.2. The number of hydrogen-bond donors (Lipinski definition) is 0. The van der Waals surface area contributed by atoms with Gasteiger partial charge in [0.15, 0.2) is 11.8 Å². The van der Waals surface area contributed by atoms with Gasteiger partial charge >= 0.3 is 5.97 Å². The molecule has 0 fully saturated rings. The number of ether oxygens (including phenoxy) is 1. The van der Waals surface area contributed by atoms with Crippen LogP contribution in [0.15, 0.2) is 30.3 Å². The fourth-order valence-electron chi connectivity index (χ4n) is 1.52. The van der Waals surface area contributed by atoms with E-state index in [9.17, 15) is 9.59 Å². The highest BCUT2D eigenvalue weighted by Crippen LogP contribution is 2.15. The second kappa shape index (κ2) is 5.30. The zero-order valence-corrected chi connectivity index (χ0v) is 9.64. The maximum atomic E-state index is 11.5. The summed E-state index contributed by atoms with van der Waals surface area (Å²) in [5.74, 6) is -0.781. The molecular weight excluding hydrogens is 206 g/mol. The van der Waals surface area contributed by atoms with Crippen LogP contribution in [0.25, 0.3) is 0 Å². The first-order valence-electron chi connectivity index (χ1n) is 4.94. The predicted molar refractivity (Wildman–Crippen MR) is 61.3 cm³/mol. The summed E-state index contributed by atoms with van der Waals surface area (Å²) in [6.07, 6.45) is 0. The van der Waals surface area contributed by atoms with Crippen molar-refractivity contribution in [2.75, 3.05) is 19.1 Å². The molecule has 0 saturated heterocycles. The number of carbonyl (C=O) groups is 2. The van der Waals surface area contributed by atoms with Crippen molar-refractivity contribution in [3.63, 3.8) is 0 Å². The van der Waals surface area contributed by atoms with E-state index in [1.165, 1.54) is 14.0 Å². The number of para-hydroxylation sites is 1. The summed E-state index contributed by atoms with van der Waals surface area (Å²) < 4.78 is 4.61. The van der Waals surface area contributed by atoms with Gasteiger partial charge in [-0.1, -0.05) is 18.2 Å². The third kappa shape index (κ3) is 2.59. The summed E-state index contributed by atoms with van der Waals surface area (Å²) in [6, 6.07) is 8.35. The van der Waals surface area contributed by atoms with Crippen LogP contribution in [-0.4, -0.2) is 32.0 Å². The summed E-state index contributed by atoms with van der Waals surface area (Å²) in [4.78, 5) is 24.5. The second-order valence-electron chi connectivity index (χ2n) is 3.48. The van der Waals surface area contributed by atoms with Crippen LogP contribution in [0.5, 0.6) is 0 Å². The number of benzene rings is 1. The quantitative estimate of drug-likeness (QED) is 0.567. The van der Waals surface area contributed by atoms with Gasteiger partial charge in [0.1, 0.15) is 0 Å². The number of anilines is 1. The van der Waals surface area contributed by atoms with Crippen LogP contribution >= 0.6 is 0 Å². The molecule has 16 heavy (non-hydrogen) atoms. The lowest BCUT2D eigenvalue weighted by Gasteiger charge is -2.25. The SMILES string of the molecule is COC(=O)C(C(C)=O)N(C)c1ccccc1. The molecule has 1 aromatic carbocycles. The fraction of sp³-hybridized carbons (Fsp3) is 0.333. The molecular formula is C12H15NO3. The van der Waals surface area contributed by atoms with Crippen molar-refractivity contribution in [3.8, 4) is 0 Å². The molecule has 0 aromatic heterocycles. The monoisotopic (exact) mass is 221 g/mol. The van der Waals surface area contributed by atoms with Crippen molar-refractivity contribution >= 4 is 17.4 Å². The van der Waals surface area contributed by atoms with Crippen molar-refractivity contribution in [1.29, 1.82) is 0 Å². The van der Waals surface area contributed by atoms with E-state index >= 15 is 0 Å². The molecule has 0 aliphatic rings. The molecule has 4 nitrogen and oxygen atoms in total. The standard InChI is InChI=1S/C12H15NO3/c1-9(14)11(12(15)16-3)13(2)10-7-5-4-6-8-10/h4-8,11H,1-3H3. The lowest BCUT2D eigenvalue weighted by Crippen LogP contribution is -2.44. The Morgan fingerprint density at radius 2 is 1.81 bits per heavy atom. The number of esters is 1. The molecule has 1 atom stereocenters. The third-order valence-corrected chi connectivity index (χ3v) is 2.36. The molecule has 1 aromatic rings. The normalized spacial score (nSPS) is 11.7. The molecule has 0 heterocycles. The van der Waals surface area contributed by atoms with Gasteiger partial charge < -0.3 is 9.64 Å². The highest BCUT2D eigenvalue weighted by molar-refractivity contribution is 6.04. The van der Waals surface area contributed by atoms with Crippen molar-refractivity contribution < 1.29 is 14.3 Å². The van der Waals surface area contributed by atoms with E-state index in [1.54, 1.807) is 11.9 Å². The number of Topliss-reactive ketones (excluding diaryl/α,β-unsaturated/α-hetero) is 1. The van der Waals surface area contributed by atoms with Gasteiger partial charge in [0.05, 0.1) is 7.11 Å². The predicted octanol–water partition coefficient (Wildman–Crippen LogP) is 1.25. The van der Waals surface area contributed by atoms with E-state index < -0.39 is 12.0 Å². The van der Waals surface area contributed by atoms with Gasteiger partial charge in [0, 0.05) is 12.7 Å². The van der Waals surface area contributed by atoms with Gasteiger partial charge in [-0.05, 0) is 19.1 Å². The number of ketones is 1. The van der Waals surface area contributed by atoms with Gasteiger partial charge in [0.2, 0.25) is 0 Å². The van der Waals surface area contributed by atoms with Crippen LogP contribution in [0, 0.1) is 0 Å². The Morgan fingerprint density at radius 1 is 1.25 bits per heavy atom. The molecule has 0 radical (unpaired) electrons. The summed E-state index contributed by atoms with van der Waals surface area (Å²) >= 11 is 0. The van der Waals surface area contributed by atoms with E-state index in [4.69, 9.17) is 0 Å². The van der Waals surface area contributed by atoms with Crippen molar-refractivity contribution in [3.05, 3.63) is 30.3 Å². The van der Waals surface area contributed by atoms with Crippen LogP contribution < -0.4 is 4.90 Å². The summed E-state index contributed by atoms with van der Waals surface area (Å²) in [7, 11) is 2.97. The molecule has 0 aliphatic heterocycles. The van der Waals surface area contributed by atoms with Crippen molar-refractivity contribution in [2.45, 2.75) is 13.0 Å². The van der Waals surface area contributed by atoms with Gasteiger partial charge in [-0.15, -0.1) is 0 Å². The topological polar surface area (TPSA) is 46.6 Å². The van der Waals surface area contributed by atoms with E-state index in [0.29, 0.717) is 0 Å². The number of methoxy groups -OCH3 is 1. The van der Waals surface area contributed by atoms with E-state index in [0.717, 1.165) is 5.69 Å². The molecule has 0 amide bonds. The largest absolute Gasteiger partial charge is 0.467 e.